The van der Waals surface area contributed by atoms with E-state index < -0.39 is 0 Å². The fourth-order valence-electron chi connectivity index (χ4n) is 4.48. The minimum atomic E-state index is -0.0230. The van der Waals surface area contributed by atoms with Crippen LogP contribution in [-0.2, 0) is 15.9 Å². The van der Waals surface area contributed by atoms with Crippen molar-refractivity contribution in [1.29, 1.82) is 0 Å². The number of hydrogen-bond donors (Lipinski definition) is 1. The molecule has 2 aliphatic rings. The van der Waals surface area contributed by atoms with Gasteiger partial charge in [-0.2, -0.15) is 0 Å². The van der Waals surface area contributed by atoms with Crippen LogP contribution in [0, 0.1) is 18.8 Å². The smallest absolute Gasteiger partial charge is 0.252 e. The second kappa shape index (κ2) is 6.97. The van der Waals surface area contributed by atoms with Crippen LogP contribution in [0.25, 0.3) is 10.9 Å². The summed E-state index contributed by atoms with van der Waals surface area (Å²) in [5, 5.41) is 4.19. The van der Waals surface area contributed by atoms with Gasteiger partial charge in [-0.25, -0.2) is 0 Å². The average molecular weight is 354 g/mol. The molecule has 1 saturated carbocycles. The molecule has 1 N–H and O–H groups in total. The number of fused-ring (bicyclic) bond motifs is 2. The minimum absolute atomic E-state index is 0.0230. The molecule has 4 atom stereocenters. The SMILES string of the molecule is CCc1ccc2nc(C)cc(C(=O)NC3C4CCOC4C3COC)c2c1. The van der Waals surface area contributed by atoms with Crippen LogP contribution in [0.1, 0.15) is 35.0 Å². The summed E-state index contributed by atoms with van der Waals surface area (Å²) in [5.74, 6) is 0.613. The Labute approximate surface area is 154 Å². The van der Waals surface area contributed by atoms with Gasteiger partial charge in [-0.1, -0.05) is 13.0 Å². The molecule has 138 valence electrons. The van der Waals surface area contributed by atoms with Crippen LogP contribution in [0.3, 0.4) is 0 Å². The van der Waals surface area contributed by atoms with Crippen molar-refractivity contribution in [3.05, 3.63) is 41.1 Å². The monoisotopic (exact) mass is 354 g/mol. The molecular formula is C21H26N2O3. The molecule has 2 heterocycles. The number of carbonyl (C=O) groups excluding carboxylic acids is 1. The van der Waals surface area contributed by atoms with E-state index in [1.54, 1.807) is 7.11 Å². The van der Waals surface area contributed by atoms with Gasteiger partial charge >= 0.3 is 0 Å². The van der Waals surface area contributed by atoms with Crippen molar-refractivity contribution in [2.45, 2.75) is 38.8 Å². The van der Waals surface area contributed by atoms with Crippen LogP contribution >= 0.6 is 0 Å². The Morgan fingerprint density at radius 1 is 1.38 bits per heavy atom. The number of ether oxygens (including phenoxy) is 2. The van der Waals surface area contributed by atoms with E-state index in [0.717, 1.165) is 36.0 Å². The molecule has 4 unspecified atom stereocenters. The van der Waals surface area contributed by atoms with E-state index in [2.05, 4.69) is 29.4 Å². The molecule has 0 radical (unpaired) electrons. The lowest BCUT2D eigenvalue weighted by Crippen LogP contribution is -2.62. The van der Waals surface area contributed by atoms with Crippen molar-refractivity contribution >= 4 is 16.8 Å². The molecule has 2 fully saturated rings. The third kappa shape index (κ3) is 2.89. The molecule has 1 amide bonds. The summed E-state index contributed by atoms with van der Waals surface area (Å²) in [6.45, 7) is 5.44. The largest absolute Gasteiger partial charge is 0.384 e. The molecule has 0 spiro atoms. The summed E-state index contributed by atoms with van der Waals surface area (Å²) < 4.78 is 11.2. The van der Waals surface area contributed by atoms with E-state index in [4.69, 9.17) is 9.47 Å². The second-order valence-electron chi connectivity index (χ2n) is 7.42. The van der Waals surface area contributed by atoms with Crippen LogP contribution in [0.2, 0.25) is 0 Å². The summed E-state index contributed by atoms with van der Waals surface area (Å²) in [5.41, 5.74) is 3.65. The average Bonchev–Trinajstić information content (AvgIpc) is 3.07. The summed E-state index contributed by atoms with van der Waals surface area (Å²) in [7, 11) is 1.70. The number of nitrogens with one attached hydrogen (secondary N) is 1. The van der Waals surface area contributed by atoms with E-state index in [9.17, 15) is 4.79 Å². The van der Waals surface area contributed by atoms with Crippen LogP contribution in [-0.4, -0.2) is 43.4 Å². The molecule has 1 aromatic heterocycles. The Bertz CT molecular complexity index is 835. The maximum atomic E-state index is 13.1. The van der Waals surface area contributed by atoms with Gasteiger partial charge in [0.15, 0.2) is 0 Å². The third-order valence-electron chi connectivity index (χ3n) is 5.84. The quantitative estimate of drug-likeness (QED) is 0.897. The lowest BCUT2D eigenvalue weighted by Gasteiger charge is -2.47. The lowest BCUT2D eigenvalue weighted by molar-refractivity contribution is -0.0809. The highest BCUT2D eigenvalue weighted by molar-refractivity contribution is 6.06. The van der Waals surface area contributed by atoms with Gasteiger partial charge in [0.25, 0.3) is 5.91 Å². The van der Waals surface area contributed by atoms with E-state index in [0.29, 0.717) is 18.1 Å². The molecule has 1 aliphatic heterocycles. The Morgan fingerprint density at radius 2 is 2.23 bits per heavy atom. The van der Waals surface area contributed by atoms with Gasteiger partial charge in [-0.3, -0.25) is 9.78 Å². The van der Waals surface area contributed by atoms with E-state index in [-0.39, 0.29) is 24.0 Å². The maximum Gasteiger partial charge on any atom is 0.252 e. The predicted molar refractivity (Wildman–Crippen MR) is 100 cm³/mol. The van der Waals surface area contributed by atoms with Gasteiger partial charge in [-0.05, 0) is 43.5 Å². The van der Waals surface area contributed by atoms with Crippen molar-refractivity contribution in [3.8, 4) is 0 Å². The lowest BCUT2D eigenvalue weighted by atomic mass is 9.67. The summed E-state index contributed by atoms with van der Waals surface area (Å²) in [6.07, 6.45) is 2.17. The Morgan fingerprint density at radius 3 is 3.00 bits per heavy atom. The van der Waals surface area contributed by atoms with Gasteiger partial charge in [0.2, 0.25) is 0 Å². The molecule has 26 heavy (non-hydrogen) atoms. The first-order valence-corrected chi connectivity index (χ1v) is 9.44. The van der Waals surface area contributed by atoms with Crippen molar-refractivity contribution in [2.24, 2.45) is 11.8 Å². The van der Waals surface area contributed by atoms with Crippen LogP contribution < -0.4 is 5.32 Å². The van der Waals surface area contributed by atoms with Gasteiger partial charge in [0.1, 0.15) is 0 Å². The number of rotatable bonds is 5. The van der Waals surface area contributed by atoms with E-state index >= 15 is 0 Å². The molecule has 1 saturated heterocycles. The third-order valence-corrected chi connectivity index (χ3v) is 5.84. The second-order valence-corrected chi connectivity index (χ2v) is 7.42. The zero-order chi connectivity index (χ0) is 18.3. The van der Waals surface area contributed by atoms with Gasteiger partial charge < -0.3 is 14.8 Å². The van der Waals surface area contributed by atoms with Gasteiger partial charge in [0, 0.05) is 42.7 Å². The highest BCUT2D eigenvalue weighted by Crippen LogP contribution is 2.44. The first kappa shape index (κ1) is 17.4. The molecule has 5 nitrogen and oxygen atoms in total. The summed E-state index contributed by atoms with van der Waals surface area (Å²) in [6, 6.07) is 8.19. The summed E-state index contributed by atoms with van der Waals surface area (Å²) >= 11 is 0. The molecular weight excluding hydrogens is 328 g/mol. The number of carbonyl (C=O) groups is 1. The number of benzene rings is 1. The Kier molecular flexibility index (Phi) is 4.67. The molecule has 0 bridgehead atoms. The predicted octanol–water partition coefficient (Wildman–Crippen LogP) is 2.89. The first-order chi connectivity index (χ1) is 12.6. The van der Waals surface area contributed by atoms with Crippen molar-refractivity contribution in [2.75, 3.05) is 20.3 Å². The molecule has 1 aliphatic carbocycles. The Hall–Kier alpha value is -1.98. The van der Waals surface area contributed by atoms with E-state index in [1.807, 2.05) is 19.1 Å². The number of methoxy groups -OCH3 is 1. The highest BCUT2D eigenvalue weighted by atomic mass is 16.5. The Balaban J connectivity index is 1.63. The van der Waals surface area contributed by atoms with Crippen LogP contribution in [0.5, 0.6) is 0 Å². The van der Waals surface area contributed by atoms with E-state index in [1.165, 1.54) is 5.56 Å². The standard InChI is InChI=1S/C21H26N2O3/c1-4-13-5-6-18-15(10-13)16(9-12(2)22-18)21(24)23-19-14-7-8-26-20(14)17(19)11-25-3/h5-6,9-10,14,17,19-20H,4,7-8,11H2,1-3H3,(H,23,24). The number of pyridine rings is 1. The number of aryl methyl sites for hydroxylation is 2. The number of aromatic nitrogens is 1. The zero-order valence-electron chi connectivity index (χ0n) is 15.6. The molecule has 4 rings (SSSR count). The minimum Gasteiger partial charge on any atom is -0.384 e. The highest BCUT2D eigenvalue weighted by Gasteiger charge is 2.54. The van der Waals surface area contributed by atoms with Crippen LogP contribution in [0.15, 0.2) is 24.3 Å². The van der Waals surface area contributed by atoms with Crippen molar-refractivity contribution in [3.63, 3.8) is 0 Å². The van der Waals surface area contributed by atoms with Crippen molar-refractivity contribution < 1.29 is 14.3 Å². The number of amides is 1. The molecule has 2 aromatic rings. The fraction of sp³-hybridized carbons (Fsp3) is 0.524. The first-order valence-electron chi connectivity index (χ1n) is 9.44. The van der Waals surface area contributed by atoms with Crippen molar-refractivity contribution in [1.82, 2.24) is 10.3 Å². The topological polar surface area (TPSA) is 60.5 Å². The molecule has 1 aromatic carbocycles. The summed E-state index contributed by atoms with van der Waals surface area (Å²) in [4.78, 5) is 17.7. The fourth-order valence-corrected chi connectivity index (χ4v) is 4.48. The zero-order valence-corrected chi connectivity index (χ0v) is 15.6. The number of nitrogens with zero attached hydrogens (tertiary/aromatic N) is 1. The molecule has 5 heteroatoms. The number of hydrogen-bond acceptors (Lipinski definition) is 4. The van der Waals surface area contributed by atoms with Gasteiger partial charge in [-0.15, -0.1) is 0 Å². The van der Waals surface area contributed by atoms with Gasteiger partial charge in [0.05, 0.1) is 23.8 Å². The maximum absolute atomic E-state index is 13.1. The normalized spacial score (nSPS) is 27.2. The van der Waals surface area contributed by atoms with Crippen LogP contribution in [0.4, 0.5) is 0 Å².